The lowest BCUT2D eigenvalue weighted by atomic mass is 9.97. The van der Waals surface area contributed by atoms with Gasteiger partial charge in [-0.15, -0.1) is 0 Å². The number of piperidine rings is 1. The maximum absolute atomic E-state index is 13.2. The van der Waals surface area contributed by atoms with Crippen LogP contribution in [0.5, 0.6) is 0 Å². The molecule has 158 valence electrons. The Morgan fingerprint density at radius 1 is 1.07 bits per heavy atom. The van der Waals surface area contributed by atoms with Gasteiger partial charge in [-0.1, -0.05) is 29.8 Å². The van der Waals surface area contributed by atoms with Gasteiger partial charge in [-0.05, 0) is 38.2 Å². The molecule has 0 aromatic heterocycles. The van der Waals surface area contributed by atoms with Crippen LogP contribution in [0.15, 0.2) is 24.3 Å². The molecule has 0 bridgehead atoms. The molecule has 0 N–H and O–H groups in total. The average molecular weight is 400 g/mol. The molecular formula is C23H33N3O3. The van der Waals surface area contributed by atoms with E-state index in [0.717, 1.165) is 64.1 Å². The van der Waals surface area contributed by atoms with Gasteiger partial charge in [0, 0.05) is 52.0 Å². The van der Waals surface area contributed by atoms with Gasteiger partial charge in [0.2, 0.25) is 11.8 Å². The van der Waals surface area contributed by atoms with Crippen molar-refractivity contribution < 1.29 is 14.3 Å². The molecule has 29 heavy (non-hydrogen) atoms. The number of ether oxygens (including phenoxy) is 1. The summed E-state index contributed by atoms with van der Waals surface area (Å²) in [5.74, 6) is 0.483. The number of hydrogen-bond acceptors (Lipinski definition) is 4. The maximum Gasteiger partial charge on any atom is 0.240 e. The fraction of sp³-hybridized carbons (Fsp3) is 0.652. The van der Waals surface area contributed by atoms with E-state index in [9.17, 15) is 9.59 Å². The lowest BCUT2D eigenvalue weighted by molar-refractivity contribution is -0.146. The Kier molecular flexibility index (Phi) is 6.50. The van der Waals surface area contributed by atoms with Crippen LogP contribution in [-0.4, -0.2) is 84.5 Å². The number of hydrogen-bond donors (Lipinski definition) is 0. The van der Waals surface area contributed by atoms with Crippen LogP contribution in [0.3, 0.4) is 0 Å². The number of rotatable bonds is 4. The molecule has 3 heterocycles. The number of piperazine rings is 1. The monoisotopic (exact) mass is 399 g/mol. The Morgan fingerprint density at radius 3 is 2.55 bits per heavy atom. The molecule has 3 fully saturated rings. The van der Waals surface area contributed by atoms with Crippen LogP contribution in [0, 0.1) is 6.92 Å². The van der Waals surface area contributed by atoms with Crippen molar-refractivity contribution >= 4 is 11.8 Å². The first-order valence-electron chi connectivity index (χ1n) is 11.1. The molecule has 3 aliphatic rings. The van der Waals surface area contributed by atoms with Gasteiger partial charge < -0.3 is 14.5 Å². The van der Waals surface area contributed by atoms with Crippen LogP contribution in [0.4, 0.5) is 0 Å². The normalized spacial score (nSPS) is 24.7. The zero-order valence-corrected chi connectivity index (χ0v) is 17.5. The summed E-state index contributed by atoms with van der Waals surface area (Å²) in [4.78, 5) is 32.3. The van der Waals surface area contributed by atoms with E-state index in [0.29, 0.717) is 31.5 Å². The summed E-state index contributed by atoms with van der Waals surface area (Å²) in [5.41, 5.74) is 2.26. The highest BCUT2D eigenvalue weighted by molar-refractivity contribution is 5.83. The van der Waals surface area contributed by atoms with E-state index in [1.54, 1.807) is 0 Å². The van der Waals surface area contributed by atoms with Crippen molar-refractivity contribution in [1.82, 2.24) is 14.7 Å². The van der Waals surface area contributed by atoms with Gasteiger partial charge in [-0.2, -0.15) is 0 Å². The molecule has 1 aromatic rings. The van der Waals surface area contributed by atoms with Crippen molar-refractivity contribution in [2.24, 2.45) is 0 Å². The Bertz CT molecular complexity index is 724. The van der Waals surface area contributed by atoms with E-state index in [1.165, 1.54) is 5.56 Å². The summed E-state index contributed by atoms with van der Waals surface area (Å²) in [6, 6.07) is 8.50. The quantitative estimate of drug-likeness (QED) is 0.776. The van der Waals surface area contributed by atoms with E-state index in [4.69, 9.17) is 4.74 Å². The molecule has 0 radical (unpaired) electrons. The zero-order valence-electron chi connectivity index (χ0n) is 17.5. The zero-order chi connectivity index (χ0) is 20.2. The fourth-order valence-corrected chi connectivity index (χ4v) is 4.97. The van der Waals surface area contributed by atoms with Crippen molar-refractivity contribution in [3.05, 3.63) is 35.4 Å². The van der Waals surface area contributed by atoms with E-state index in [-0.39, 0.29) is 11.9 Å². The highest BCUT2D eigenvalue weighted by Crippen LogP contribution is 2.24. The number of aryl methyl sites for hydroxylation is 1. The summed E-state index contributed by atoms with van der Waals surface area (Å²) in [6.45, 7) is 7.47. The van der Waals surface area contributed by atoms with Gasteiger partial charge in [-0.3, -0.25) is 14.5 Å². The number of carbonyl (C=O) groups is 2. The highest BCUT2D eigenvalue weighted by atomic mass is 16.5. The second-order valence-electron chi connectivity index (χ2n) is 8.62. The third kappa shape index (κ3) is 4.81. The van der Waals surface area contributed by atoms with Gasteiger partial charge in [0.15, 0.2) is 0 Å². The Morgan fingerprint density at radius 2 is 1.83 bits per heavy atom. The number of likely N-dealkylation sites (tertiary alicyclic amines) is 1. The van der Waals surface area contributed by atoms with Crippen molar-refractivity contribution in [1.29, 1.82) is 0 Å². The minimum atomic E-state index is -0.0133. The van der Waals surface area contributed by atoms with E-state index < -0.39 is 0 Å². The van der Waals surface area contributed by atoms with Crippen LogP contribution in [0.25, 0.3) is 0 Å². The molecule has 4 rings (SSSR count). The first-order chi connectivity index (χ1) is 14.1. The third-order valence-electron chi connectivity index (χ3n) is 6.62. The molecule has 6 heteroatoms. The molecule has 1 atom stereocenters. The molecule has 1 aromatic carbocycles. The molecule has 2 amide bonds. The second-order valence-corrected chi connectivity index (χ2v) is 8.62. The van der Waals surface area contributed by atoms with Crippen molar-refractivity contribution in [3.63, 3.8) is 0 Å². The topological polar surface area (TPSA) is 53.1 Å². The smallest absolute Gasteiger partial charge is 0.240 e. The summed E-state index contributed by atoms with van der Waals surface area (Å²) in [7, 11) is 0. The molecular weight excluding hydrogens is 366 g/mol. The van der Waals surface area contributed by atoms with Crippen molar-refractivity contribution in [3.8, 4) is 0 Å². The highest BCUT2D eigenvalue weighted by Gasteiger charge is 2.38. The average Bonchev–Trinajstić information content (AvgIpc) is 2.75. The summed E-state index contributed by atoms with van der Waals surface area (Å²) in [5, 5.41) is 0. The van der Waals surface area contributed by atoms with E-state index in [1.807, 2.05) is 17.0 Å². The van der Waals surface area contributed by atoms with Gasteiger partial charge >= 0.3 is 0 Å². The predicted molar refractivity (Wildman–Crippen MR) is 112 cm³/mol. The van der Waals surface area contributed by atoms with E-state index in [2.05, 4.69) is 28.9 Å². The van der Waals surface area contributed by atoms with Crippen LogP contribution in [0.2, 0.25) is 0 Å². The van der Waals surface area contributed by atoms with Crippen LogP contribution in [0.1, 0.15) is 36.8 Å². The summed E-state index contributed by atoms with van der Waals surface area (Å²) < 4.78 is 5.47. The van der Waals surface area contributed by atoms with Crippen molar-refractivity contribution in [2.45, 2.75) is 51.1 Å². The lowest BCUT2D eigenvalue weighted by Gasteiger charge is -2.45. The number of benzene rings is 1. The Balaban J connectivity index is 1.30. The largest absolute Gasteiger partial charge is 0.381 e. The predicted octanol–water partition coefficient (Wildman–Crippen LogP) is 1.85. The maximum atomic E-state index is 13.2. The molecule has 0 unspecified atom stereocenters. The molecule has 0 saturated carbocycles. The SMILES string of the molecule is Cc1cccc(CC(=O)N2CCN([C@@H]3CCCN(C4CCOCC4)C3=O)CC2)c1. The van der Waals surface area contributed by atoms with Crippen LogP contribution >= 0.6 is 0 Å². The Labute approximate surface area is 173 Å². The first kappa shape index (κ1) is 20.4. The van der Waals surface area contributed by atoms with Gasteiger partial charge in [0.25, 0.3) is 0 Å². The second kappa shape index (κ2) is 9.26. The molecule has 3 saturated heterocycles. The number of nitrogens with zero attached hydrogens (tertiary/aromatic N) is 3. The molecule has 0 aliphatic carbocycles. The minimum Gasteiger partial charge on any atom is -0.381 e. The van der Waals surface area contributed by atoms with E-state index >= 15 is 0 Å². The van der Waals surface area contributed by atoms with Gasteiger partial charge in [-0.25, -0.2) is 0 Å². The lowest BCUT2D eigenvalue weighted by Crippen LogP contribution is -2.60. The van der Waals surface area contributed by atoms with Crippen LogP contribution < -0.4 is 0 Å². The fourth-order valence-electron chi connectivity index (χ4n) is 4.97. The molecule has 3 aliphatic heterocycles. The van der Waals surface area contributed by atoms with Crippen molar-refractivity contribution in [2.75, 3.05) is 45.9 Å². The molecule has 6 nitrogen and oxygen atoms in total. The third-order valence-corrected chi connectivity index (χ3v) is 6.62. The van der Waals surface area contributed by atoms with Gasteiger partial charge in [0.05, 0.1) is 12.5 Å². The number of amides is 2. The number of carbonyl (C=O) groups excluding carboxylic acids is 2. The minimum absolute atomic E-state index is 0.0133. The molecule has 0 spiro atoms. The summed E-state index contributed by atoms with van der Waals surface area (Å²) >= 11 is 0. The standard InChI is InChI=1S/C23H33N3O3/c1-18-4-2-5-19(16-18)17-22(27)25-12-10-24(11-13-25)21-6-3-9-26(23(21)28)20-7-14-29-15-8-20/h2,4-5,16,20-21H,3,6-15,17H2,1H3/t21-/m1/s1. The van der Waals surface area contributed by atoms with Gasteiger partial charge in [0.1, 0.15) is 0 Å². The van der Waals surface area contributed by atoms with Crippen LogP contribution in [-0.2, 0) is 20.7 Å². The summed E-state index contributed by atoms with van der Waals surface area (Å²) in [6.07, 6.45) is 4.39. The Hall–Kier alpha value is -1.92. The first-order valence-corrected chi connectivity index (χ1v) is 11.1.